The van der Waals surface area contributed by atoms with E-state index in [-0.39, 0.29) is 31.6 Å². The van der Waals surface area contributed by atoms with Crippen LogP contribution in [0.5, 0.6) is 0 Å². The van der Waals surface area contributed by atoms with E-state index in [9.17, 15) is 22.8 Å². The Morgan fingerprint density at radius 1 is 1.17 bits per heavy atom. The maximum Gasteiger partial charge on any atom is 0.416 e. The molecule has 3 amide bonds. The molecule has 0 radical (unpaired) electrons. The van der Waals surface area contributed by atoms with Gasteiger partial charge < -0.3 is 15.5 Å². The number of hydrogen-bond donors (Lipinski definition) is 2. The molecule has 1 aromatic heterocycles. The number of amides is 3. The number of urea groups is 1. The Kier molecular flexibility index (Phi) is 6.23. The van der Waals surface area contributed by atoms with Crippen molar-refractivity contribution in [2.45, 2.75) is 31.2 Å². The average Bonchev–Trinajstić information content (AvgIpc) is 2.72. The van der Waals surface area contributed by atoms with Crippen molar-refractivity contribution in [3.8, 4) is 0 Å². The fraction of sp³-hybridized carbons (Fsp3) is 0.350. The van der Waals surface area contributed by atoms with Gasteiger partial charge in [0.25, 0.3) is 5.91 Å². The highest BCUT2D eigenvalue weighted by molar-refractivity contribution is 5.91. The Balaban J connectivity index is 1.62. The molecule has 1 fully saturated rings. The quantitative estimate of drug-likeness (QED) is 0.735. The van der Waals surface area contributed by atoms with E-state index in [2.05, 4.69) is 15.6 Å². The number of benzene rings is 1. The number of alkyl halides is 4. The van der Waals surface area contributed by atoms with Crippen LogP contribution in [-0.4, -0.2) is 40.6 Å². The van der Waals surface area contributed by atoms with E-state index in [1.165, 1.54) is 12.1 Å². The van der Waals surface area contributed by atoms with Gasteiger partial charge in [-0.3, -0.25) is 9.78 Å². The molecular formula is C20H20F4N4O2. The fourth-order valence-electron chi connectivity index (χ4n) is 3.19. The van der Waals surface area contributed by atoms with Crippen LogP contribution in [0, 0.1) is 0 Å². The molecule has 0 saturated carbocycles. The summed E-state index contributed by atoms with van der Waals surface area (Å²) in [6.07, 6.45) is -1.26. The van der Waals surface area contributed by atoms with Crippen LogP contribution in [0.4, 0.5) is 28.0 Å². The minimum Gasteiger partial charge on any atom is -0.349 e. The molecule has 0 aliphatic carbocycles. The third kappa shape index (κ3) is 5.25. The van der Waals surface area contributed by atoms with Crippen molar-refractivity contribution in [1.82, 2.24) is 15.2 Å². The summed E-state index contributed by atoms with van der Waals surface area (Å²) in [4.78, 5) is 29.8. The van der Waals surface area contributed by atoms with Crippen LogP contribution in [0.15, 0.2) is 48.8 Å². The SMILES string of the molecule is O=C(Nc1cccc(C(F)(F)F)c1)N1CCCC(F)(C(=O)NCc2ccncc2)C1. The summed E-state index contributed by atoms with van der Waals surface area (Å²) in [6, 6.07) is 6.75. The van der Waals surface area contributed by atoms with Gasteiger partial charge in [0, 0.05) is 31.2 Å². The maximum absolute atomic E-state index is 15.2. The number of carbonyl (C=O) groups is 2. The third-order valence-corrected chi connectivity index (χ3v) is 4.78. The lowest BCUT2D eigenvalue weighted by molar-refractivity contribution is -0.137. The first-order valence-corrected chi connectivity index (χ1v) is 9.27. The molecule has 6 nitrogen and oxygen atoms in total. The number of carbonyl (C=O) groups excluding carboxylic acids is 2. The summed E-state index contributed by atoms with van der Waals surface area (Å²) in [5.41, 5.74) is -2.51. The summed E-state index contributed by atoms with van der Waals surface area (Å²) in [5.74, 6) is -0.837. The number of halogens is 4. The lowest BCUT2D eigenvalue weighted by Gasteiger charge is -2.36. The van der Waals surface area contributed by atoms with Crippen LogP contribution < -0.4 is 10.6 Å². The smallest absolute Gasteiger partial charge is 0.349 e. The number of nitrogens with one attached hydrogen (secondary N) is 2. The Morgan fingerprint density at radius 3 is 2.60 bits per heavy atom. The lowest BCUT2D eigenvalue weighted by atomic mass is 9.93. The Bertz CT molecular complexity index is 907. The third-order valence-electron chi connectivity index (χ3n) is 4.78. The zero-order valence-electron chi connectivity index (χ0n) is 15.9. The second-order valence-corrected chi connectivity index (χ2v) is 7.04. The minimum atomic E-state index is -4.55. The van der Waals surface area contributed by atoms with Crippen molar-refractivity contribution in [1.29, 1.82) is 0 Å². The average molecular weight is 424 g/mol. The summed E-state index contributed by atoms with van der Waals surface area (Å²) in [7, 11) is 0. The van der Waals surface area contributed by atoms with Crippen molar-refractivity contribution >= 4 is 17.6 Å². The van der Waals surface area contributed by atoms with Crippen LogP contribution in [0.25, 0.3) is 0 Å². The number of aromatic nitrogens is 1. The van der Waals surface area contributed by atoms with Gasteiger partial charge in [0.15, 0.2) is 0 Å². The van der Waals surface area contributed by atoms with Crippen molar-refractivity contribution in [3.63, 3.8) is 0 Å². The summed E-state index contributed by atoms with van der Waals surface area (Å²) < 4.78 is 53.7. The van der Waals surface area contributed by atoms with Crippen LogP contribution >= 0.6 is 0 Å². The molecule has 1 atom stereocenters. The molecule has 1 unspecified atom stereocenters. The van der Waals surface area contributed by atoms with Crippen LogP contribution in [0.1, 0.15) is 24.0 Å². The van der Waals surface area contributed by atoms with E-state index in [4.69, 9.17) is 0 Å². The number of hydrogen-bond acceptors (Lipinski definition) is 3. The van der Waals surface area contributed by atoms with E-state index in [0.29, 0.717) is 0 Å². The second-order valence-electron chi connectivity index (χ2n) is 7.04. The Hall–Kier alpha value is -3.17. The Morgan fingerprint density at radius 2 is 1.90 bits per heavy atom. The molecule has 2 heterocycles. The maximum atomic E-state index is 15.2. The van der Waals surface area contributed by atoms with Crippen molar-refractivity contribution in [3.05, 3.63) is 59.9 Å². The van der Waals surface area contributed by atoms with Gasteiger partial charge in [-0.1, -0.05) is 6.07 Å². The minimum absolute atomic E-state index is 0.0531. The van der Waals surface area contributed by atoms with Gasteiger partial charge in [-0.25, -0.2) is 9.18 Å². The van der Waals surface area contributed by atoms with Crippen molar-refractivity contribution in [2.24, 2.45) is 0 Å². The molecule has 0 bridgehead atoms. The first kappa shape index (κ1) is 21.5. The molecule has 1 aliphatic rings. The lowest BCUT2D eigenvalue weighted by Crippen LogP contribution is -2.56. The molecule has 3 rings (SSSR count). The largest absolute Gasteiger partial charge is 0.416 e. The summed E-state index contributed by atoms with van der Waals surface area (Å²) >= 11 is 0. The topological polar surface area (TPSA) is 74.3 Å². The molecule has 2 N–H and O–H groups in total. The molecule has 30 heavy (non-hydrogen) atoms. The predicted molar refractivity (Wildman–Crippen MR) is 101 cm³/mol. The predicted octanol–water partition coefficient (Wildman–Crippen LogP) is 3.75. The standard InChI is InChI=1S/C20H20F4N4O2/c21-19(17(29)26-12-14-5-8-25-9-6-14)7-2-10-28(13-19)18(30)27-16-4-1-3-15(11-16)20(22,23)24/h1,3-6,8-9,11H,2,7,10,12-13H2,(H,26,29)(H,27,30). The van der Waals surface area contributed by atoms with Gasteiger partial charge in [0.2, 0.25) is 5.67 Å². The second kappa shape index (κ2) is 8.68. The zero-order valence-corrected chi connectivity index (χ0v) is 15.9. The number of likely N-dealkylation sites (tertiary alicyclic amines) is 1. The molecule has 10 heteroatoms. The normalized spacial score (nSPS) is 19.3. The highest BCUT2D eigenvalue weighted by atomic mass is 19.4. The first-order chi connectivity index (χ1) is 14.2. The van der Waals surface area contributed by atoms with E-state index in [1.54, 1.807) is 24.5 Å². The van der Waals surface area contributed by atoms with E-state index in [1.807, 2.05) is 0 Å². The highest BCUT2D eigenvalue weighted by Crippen LogP contribution is 2.31. The molecular weight excluding hydrogens is 404 g/mol. The molecule has 2 aromatic rings. The van der Waals surface area contributed by atoms with Crippen LogP contribution in [0.3, 0.4) is 0 Å². The van der Waals surface area contributed by atoms with Crippen LogP contribution in [-0.2, 0) is 17.5 Å². The van der Waals surface area contributed by atoms with Gasteiger partial charge in [-0.2, -0.15) is 13.2 Å². The van der Waals surface area contributed by atoms with Gasteiger partial charge >= 0.3 is 12.2 Å². The zero-order chi connectivity index (χ0) is 21.8. The number of anilines is 1. The van der Waals surface area contributed by atoms with Gasteiger partial charge in [-0.15, -0.1) is 0 Å². The van der Waals surface area contributed by atoms with E-state index < -0.39 is 35.9 Å². The number of nitrogens with zero attached hydrogens (tertiary/aromatic N) is 2. The first-order valence-electron chi connectivity index (χ1n) is 9.27. The summed E-state index contributed by atoms with van der Waals surface area (Å²) in [5, 5.41) is 4.86. The molecule has 1 aromatic carbocycles. The number of rotatable bonds is 4. The number of piperidine rings is 1. The Labute approximate surface area is 170 Å². The molecule has 1 saturated heterocycles. The molecule has 0 spiro atoms. The number of pyridine rings is 1. The van der Waals surface area contributed by atoms with Gasteiger partial charge in [0.05, 0.1) is 12.1 Å². The van der Waals surface area contributed by atoms with Crippen LogP contribution in [0.2, 0.25) is 0 Å². The highest BCUT2D eigenvalue weighted by Gasteiger charge is 2.44. The van der Waals surface area contributed by atoms with Crippen molar-refractivity contribution < 1.29 is 27.2 Å². The van der Waals surface area contributed by atoms with E-state index in [0.717, 1.165) is 22.6 Å². The van der Waals surface area contributed by atoms with Gasteiger partial charge in [-0.05, 0) is 48.7 Å². The monoisotopic (exact) mass is 424 g/mol. The van der Waals surface area contributed by atoms with Gasteiger partial charge in [0.1, 0.15) is 0 Å². The van der Waals surface area contributed by atoms with E-state index >= 15 is 4.39 Å². The molecule has 1 aliphatic heterocycles. The fourth-order valence-corrected chi connectivity index (χ4v) is 3.19. The summed E-state index contributed by atoms with van der Waals surface area (Å²) in [6.45, 7) is -0.183. The van der Waals surface area contributed by atoms with Crippen molar-refractivity contribution in [2.75, 3.05) is 18.4 Å². The molecule has 160 valence electrons.